The number of ether oxygens (including phenoxy) is 2. The lowest BCUT2D eigenvalue weighted by atomic mass is 10.1. The number of carbonyl (C=O) groups is 1. The molecular formula is C21H24BrClN2O3. The first kappa shape index (κ1) is 22.2. The van der Waals surface area contributed by atoms with E-state index in [1.807, 2.05) is 29.2 Å². The van der Waals surface area contributed by atoms with Crippen LogP contribution in [0.15, 0.2) is 47.5 Å². The van der Waals surface area contributed by atoms with Crippen LogP contribution in [0.25, 0.3) is 0 Å². The van der Waals surface area contributed by atoms with Crippen molar-refractivity contribution >= 4 is 45.9 Å². The maximum atomic E-state index is 13.0. The molecule has 0 bridgehead atoms. The Bertz CT molecular complexity index is 840. The Morgan fingerprint density at radius 3 is 2.39 bits per heavy atom. The first-order valence-corrected chi connectivity index (χ1v) is 9.32. The lowest BCUT2D eigenvalue weighted by molar-refractivity contribution is 0.100. The Hall–Kier alpha value is -2.05. The fourth-order valence-corrected chi connectivity index (χ4v) is 3.23. The predicted molar refractivity (Wildman–Crippen MR) is 119 cm³/mol. The van der Waals surface area contributed by atoms with Crippen molar-refractivity contribution in [3.63, 3.8) is 0 Å². The molecule has 3 rings (SSSR count). The smallest absolute Gasteiger partial charge is 0.182 e. The van der Waals surface area contributed by atoms with Crippen molar-refractivity contribution in [3.8, 4) is 11.5 Å². The molecule has 0 N–H and O–H groups in total. The van der Waals surface area contributed by atoms with Crippen molar-refractivity contribution in [2.75, 3.05) is 32.2 Å². The molecule has 0 unspecified atom stereocenters. The Labute approximate surface area is 181 Å². The highest BCUT2D eigenvalue weighted by atomic mass is 79.9. The summed E-state index contributed by atoms with van der Waals surface area (Å²) < 4.78 is 10.6. The Morgan fingerprint density at radius 1 is 1.07 bits per heavy atom. The molecule has 0 radical (unpaired) electrons. The van der Waals surface area contributed by atoms with Crippen LogP contribution >= 0.6 is 28.6 Å². The van der Waals surface area contributed by atoms with Crippen LogP contribution in [0.2, 0.25) is 5.02 Å². The molecular weight excluding hydrogens is 444 g/mol. The zero-order valence-corrected chi connectivity index (χ0v) is 18.5. The van der Waals surface area contributed by atoms with Gasteiger partial charge in [-0.2, -0.15) is 0 Å². The van der Waals surface area contributed by atoms with E-state index in [0.717, 1.165) is 37.3 Å². The molecule has 1 aliphatic rings. The van der Waals surface area contributed by atoms with Crippen LogP contribution < -0.4 is 14.4 Å². The summed E-state index contributed by atoms with van der Waals surface area (Å²) in [6.45, 7) is 1.000. The molecule has 0 fully saturated rings. The highest BCUT2D eigenvalue weighted by molar-refractivity contribution is 8.93. The number of hydrogen-bond acceptors (Lipinski definition) is 5. The van der Waals surface area contributed by atoms with Gasteiger partial charge in [0.1, 0.15) is 5.84 Å². The number of ketones is 1. The number of carbonyl (C=O) groups excluding carboxylic acids is 1. The minimum Gasteiger partial charge on any atom is -0.493 e. The average Bonchev–Trinajstić information content (AvgIpc) is 2.72. The number of anilines is 1. The van der Waals surface area contributed by atoms with Gasteiger partial charge in [-0.25, -0.2) is 0 Å². The fourth-order valence-electron chi connectivity index (χ4n) is 3.10. The largest absolute Gasteiger partial charge is 0.493 e. The van der Waals surface area contributed by atoms with Gasteiger partial charge in [-0.3, -0.25) is 9.79 Å². The quantitative estimate of drug-likeness (QED) is 0.548. The van der Waals surface area contributed by atoms with Crippen molar-refractivity contribution in [1.82, 2.24) is 0 Å². The third-order valence-electron chi connectivity index (χ3n) is 4.56. The number of rotatable bonds is 6. The molecule has 1 heterocycles. The standard InChI is InChI=1S/C21H23ClN2O3.BrH/c1-26-19-11-6-15(13-20(19)27-2)18(25)14-24(21-5-3-4-12-23-21)17-9-7-16(22)8-10-17;/h6-11,13H,3-5,12,14H2,1-2H3;1H. The Morgan fingerprint density at radius 2 is 1.79 bits per heavy atom. The highest BCUT2D eigenvalue weighted by Crippen LogP contribution is 2.28. The van der Waals surface area contributed by atoms with Gasteiger partial charge in [-0.1, -0.05) is 11.6 Å². The molecule has 2 aromatic carbocycles. The molecule has 0 aliphatic carbocycles. The van der Waals surface area contributed by atoms with Gasteiger partial charge < -0.3 is 14.4 Å². The summed E-state index contributed by atoms with van der Waals surface area (Å²) in [6, 6.07) is 12.7. The number of Topliss-reactive ketones (excluding diaryl/α,β-unsaturated/α-hetero) is 1. The molecule has 0 aromatic heterocycles. The molecule has 0 atom stereocenters. The van der Waals surface area contributed by atoms with E-state index in [1.54, 1.807) is 32.4 Å². The first-order chi connectivity index (χ1) is 13.1. The number of benzene rings is 2. The summed E-state index contributed by atoms with van der Waals surface area (Å²) in [7, 11) is 3.13. The van der Waals surface area contributed by atoms with E-state index in [4.69, 9.17) is 21.1 Å². The van der Waals surface area contributed by atoms with Crippen molar-refractivity contribution in [1.29, 1.82) is 0 Å². The molecule has 28 heavy (non-hydrogen) atoms. The van der Waals surface area contributed by atoms with E-state index in [9.17, 15) is 4.79 Å². The van der Waals surface area contributed by atoms with Crippen LogP contribution in [-0.4, -0.2) is 38.9 Å². The lowest BCUT2D eigenvalue weighted by Crippen LogP contribution is -2.37. The van der Waals surface area contributed by atoms with E-state index < -0.39 is 0 Å². The van der Waals surface area contributed by atoms with Crippen molar-refractivity contribution in [2.45, 2.75) is 19.3 Å². The van der Waals surface area contributed by atoms with Crippen molar-refractivity contribution in [3.05, 3.63) is 53.1 Å². The van der Waals surface area contributed by atoms with Crippen LogP contribution in [0.5, 0.6) is 11.5 Å². The van der Waals surface area contributed by atoms with Gasteiger partial charge in [0.25, 0.3) is 0 Å². The van der Waals surface area contributed by atoms with Gasteiger partial charge in [0.2, 0.25) is 0 Å². The summed E-state index contributed by atoms with van der Waals surface area (Å²) in [5.41, 5.74) is 1.48. The normalized spacial score (nSPS) is 13.2. The predicted octanol–water partition coefficient (Wildman–Crippen LogP) is 5.21. The van der Waals surface area contributed by atoms with Crippen molar-refractivity contribution in [2.24, 2.45) is 4.99 Å². The monoisotopic (exact) mass is 466 g/mol. The van der Waals surface area contributed by atoms with E-state index in [0.29, 0.717) is 22.1 Å². The summed E-state index contributed by atoms with van der Waals surface area (Å²) in [5, 5.41) is 0.663. The molecule has 0 spiro atoms. The topological polar surface area (TPSA) is 51.1 Å². The van der Waals surface area contributed by atoms with E-state index in [2.05, 4.69) is 4.99 Å². The molecule has 7 heteroatoms. The fraction of sp³-hybridized carbons (Fsp3) is 0.333. The SMILES string of the molecule is Br.COc1ccc(C(=O)CN(C2=NCCCC2)c2ccc(Cl)cc2)cc1OC. The van der Waals surface area contributed by atoms with Gasteiger partial charge in [-0.05, 0) is 55.3 Å². The number of methoxy groups -OCH3 is 2. The molecule has 2 aromatic rings. The number of hydrogen-bond donors (Lipinski definition) is 0. The van der Waals surface area contributed by atoms with Gasteiger partial charge in [0.15, 0.2) is 17.3 Å². The molecule has 0 saturated heterocycles. The second-order valence-electron chi connectivity index (χ2n) is 6.31. The highest BCUT2D eigenvalue weighted by Gasteiger charge is 2.21. The van der Waals surface area contributed by atoms with Gasteiger partial charge >= 0.3 is 0 Å². The molecule has 5 nitrogen and oxygen atoms in total. The van der Waals surface area contributed by atoms with Crippen LogP contribution in [0.4, 0.5) is 5.69 Å². The van der Waals surface area contributed by atoms with E-state index in [1.165, 1.54) is 0 Å². The zero-order chi connectivity index (χ0) is 19.2. The third-order valence-corrected chi connectivity index (χ3v) is 4.81. The van der Waals surface area contributed by atoms with Gasteiger partial charge in [0.05, 0.1) is 20.8 Å². The number of nitrogens with zero attached hydrogens (tertiary/aromatic N) is 2. The van der Waals surface area contributed by atoms with Gasteiger partial charge in [-0.15, -0.1) is 17.0 Å². The van der Waals surface area contributed by atoms with Crippen LogP contribution in [0.3, 0.4) is 0 Å². The first-order valence-electron chi connectivity index (χ1n) is 8.94. The second kappa shape index (κ2) is 10.5. The number of halogens is 2. The minimum atomic E-state index is -0.0147. The zero-order valence-electron chi connectivity index (χ0n) is 16.0. The molecule has 1 aliphatic heterocycles. The van der Waals surface area contributed by atoms with E-state index in [-0.39, 0.29) is 29.3 Å². The lowest BCUT2D eigenvalue weighted by Gasteiger charge is -2.28. The van der Waals surface area contributed by atoms with Crippen molar-refractivity contribution < 1.29 is 14.3 Å². The summed E-state index contributed by atoms with van der Waals surface area (Å²) in [4.78, 5) is 19.6. The summed E-state index contributed by atoms with van der Waals surface area (Å²) in [5.74, 6) is 2.06. The molecule has 0 saturated carbocycles. The average molecular weight is 468 g/mol. The van der Waals surface area contributed by atoms with Gasteiger partial charge in [0, 0.05) is 29.2 Å². The summed E-state index contributed by atoms with van der Waals surface area (Å²) >= 11 is 6.02. The van der Waals surface area contributed by atoms with Crippen LogP contribution in [0, 0.1) is 0 Å². The molecule has 0 amide bonds. The minimum absolute atomic E-state index is 0. The van der Waals surface area contributed by atoms with Crippen LogP contribution in [0.1, 0.15) is 29.6 Å². The maximum Gasteiger partial charge on any atom is 0.182 e. The van der Waals surface area contributed by atoms with Crippen LogP contribution in [-0.2, 0) is 0 Å². The number of amidine groups is 1. The molecule has 150 valence electrons. The Kier molecular flexibility index (Phi) is 8.33. The second-order valence-corrected chi connectivity index (χ2v) is 6.75. The maximum absolute atomic E-state index is 13.0. The number of aliphatic imine (C=N–C) groups is 1. The third kappa shape index (κ3) is 5.26. The van der Waals surface area contributed by atoms with E-state index >= 15 is 0 Å². The summed E-state index contributed by atoms with van der Waals surface area (Å²) in [6.07, 6.45) is 3.02. The Balaban J connectivity index is 0.00000280.